The highest BCUT2D eigenvalue weighted by atomic mass is 14.9. The minimum absolute atomic E-state index is 0.333. The number of dihydropyridines is 1. The van der Waals surface area contributed by atoms with Crippen molar-refractivity contribution in [3.8, 4) is 0 Å². The lowest BCUT2D eigenvalue weighted by molar-refractivity contribution is 0.831. The Morgan fingerprint density at radius 2 is 2.38 bits per heavy atom. The largest absolute Gasteiger partial charge is 0.381 e. The second kappa shape index (κ2) is 2.36. The van der Waals surface area contributed by atoms with Gasteiger partial charge in [0.25, 0.3) is 0 Å². The van der Waals surface area contributed by atoms with E-state index < -0.39 is 0 Å². The Morgan fingerprint density at radius 3 is 2.75 bits per heavy atom. The lowest BCUT2D eigenvalue weighted by atomic mass is 10.2. The highest BCUT2D eigenvalue weighted by Crippen LogP contribution is 1.93. The summed E-state index contributed by atoms with van der Waals surface area (Å²) in [5.74, 6) is 0. The van der Waals surface area contributed by atoms with E-state index in [1.165, 1.54) is 0 Å². The van der Waals surface area contributed by atoms with Crippen molar-refractivity contribution in [1.82, 2.24) is 5.32 Å². The predicted molar refractivity (Wildman–Crippen MR) is 35.4 cm³/mol. The van der Waals surface area contributed by atoms with Gasteiger partial charge in [0.1, 0.15) is 0 Å². The molecular formula is C7H9N. The van der Waals surface area contributed by atoms with Crippen LogP contribution in [0.3, 0.4) is 0 Å². The van der Waals surface area contributed by atoms with E-state index in [-0.39, 0.29) is 0 Å². The van der Waals surface area contributed by atoms with Gasteiger partial charge in [0.05, 0.1) is 6.04 Å². The summed E-state index contributed by atoms with van der Waals surface area (Å²) in [5.41, 5.74) is 0. The second-order valence-electron chi connectivity index (χ2n) is 1.67. The molecule has 1 atom stereocenters. The first-order valence-corrected chi connectivity index (χ1v) is 2.65. The Kier molecular flexibility index (Phi) is 1.52. The van der Waals surface area contributed by atoms with Crippen molar-refractivity contribution in [2.24, 2.45) is 0 Å². The van der Waals surface area contributed by atoms with E-state index >= 15 is 0 Å². The van der Waals surface area contributed by atoms with Crippen molar-refractivity contribution in [2.75, 3.05) is 0 Å². The molecular weight excluding hydrogens is 98.1 g/mol. The lowest BCUT2D eigenvalue weighted by Gasteiger charge is -2.08. The van der Waals surface area contributed by atoms with Crippen LogP contribution in [0.5, 0.6) is 0 Å². The molecule has 8 heavy (non-hydrogen) atoms. The normalized spacial score (nSPS) is 24.8. The average molecular weight is 107 g/mol. The highest BCUT2D eigenvalue weighted by molar-refractivity contribution is 5.16. The predicted octanol–water partition coefficient (Wildman–Crippen LogP) is 1.21. The number of rotatable bonds is 1. The number of nitrogens with one attached hydrogen (secondary N) is 1. The zero-order chi connectivity index (χ0) is 5.82. The molecule has 0 radical (unpaired) electrons. The smallest absolute Gasteiger partial charge is 0.0623 e. The standard InChI is InChI=1S/C7H9N/c1-2-7-5-3-4-6-8-7/h2-8H,1H2. The molecule has 0 amide bonds. The first-order chi connectivity index (χ1) is 3.93. The molecule has 1 nitrogen and oxygen atoms in total. The van der Waals surface area contributed by atoms with E-state index in [9.17, 15) is 0 Å². The van der Waals surface area contributed by atoms with Crippen molar-refractivity contribution in [3.63, 3.8) is 0 Å². The van der Waals surface area contributed by atoms with Crippen molar-refractivity contribution >= 4 is 0 Å². The quantitative estimate of drug-likeness (QED) is 0.497. The summed E-state index contributed by atoms with van der Waals surface area (Å²) >= 11 is 0. The van der Waals surface area contributed by atoms with Crippen LogP contribution in [0.2, 0.25) is 0 Å². The molecule has 1 N–H and O–H groups in total. The van der Waals surface area contributed by atoms with Gasteiger partial charge in [-0.2, -0.15) is 0 Å². The van der Waals surface area contributed by atoms with Crippen LogP contribution in [0, 0.1) is 0 Å². The Morgan fingerprint density at radius 1 is 1.50 bits per heavy atom. The van der Waals surface area contributed by atoms with Crippen molar-refractivity contribution in [3.05, 3.63) is 37.1 Å². The summed E-state index contributed by atoms with van der Waals surface area (Å²) in [7, 11) is 0. The van der Waals surface area contributed by atoms with Crippen LogP contribution < -0.4 is 5.32 Å². The molecule has 0 fully saturated rings. The molecule has 0 saturated carbocycles. The van der Waals surface area contributed by atoms with Crippen LogP contribution in [0.15, 0.2) is 37.1 Å². The fourth-order valence-corrected chi connectivity index (χ4v) is 0.608. The van der Waals surface area contributed by atoms with Crippen molar-refractivity contribution in [1.29, 1.82) is 0 Å². The van der Waals surface area contributed by atoms with Crippen LogP contribution in [-0.2, 0) is 0 Å². The maximum absolute atomic E-state index is 3.64. The molecule has 0 aliphatic carbocycles. The maximum Gasteiger partial charge on any atom is 0.0623 e. The molecule has 0 saturated heterocycles. The van der Waals surface area contributed by atoms with Crippen LogP contribution in [-0.4, -0.2) is 6.04 Å². The summed E-state index contributed by atoms with van der Waals surface area (Å²) in [5, 5.41) is 3.08. The summed E-state index contributed by atoms with van der Waals surface area (Å²) in [6.07, 6.45) is 9.78. The van der Waals surface area contributed by atoms with Crippen LogP contribution in [0.25, 0.3) is 0 Å². The molecule has 1 aliphatic rings. The van der Waals surface area contributed by atoms with E-state index in [0.29, 0.717) is 6.04 Å². The van der Waals surface area contributed by atoms with Crippen molar-refractivity contribution in [2.45, 2.75) is 6.04 Å². The SMILES string of the molecule is C=CC1C=CC=CN1. The summed E-state index contributed by atoms with van der Waals surface area (Å²) in [4.78, 5) is 0. The van der Waals surface area contributed by atoms with E-state index in [0.717, 1.165) is 0 Å². The van der Waals surface area contributed by atoms with Gasteiger partial charge in [0, 0.05) is 0 Å². The van der Waals surface area contributed by atoms with Crippen LogP contribution >= 0.6 is 0 Å². The third kappa shape index (κ3) is 0.997. The molecule has 0 aromatic heterocycles. The summed E-state index contributed by atoms with van der Waals surface area (Å²) in [6.45, 7) is 3.64. The van der Waals surface area contributed by atoms with Gasteiger partial charge in [-0.25, -0.2) is 0 Å². The molecule has 1 heteroatoms. The van der Waals surface area contributed by atoms with Gasteiger partial charge in [-0.15, -0.1) is 6.58 Å². The van der Waals surface area contributed by atoms with Gasteiger partial charge < -0.3 is 5.32 Å². The molecule has 1 aliphatic heterocycles. The molecule has 0 aromatic carbocycles. The second-order valence-corrected chi connectivity index (χ2v) is 1.67. The van der Waals surface area contributed by atoms with Gasteiger partial charge in [-0.05, 0) is 12.3 Å². The summed E-state index contributed by atoms with van der Waals surface area (Å²) < 4.78 is 0. The van der Waals surface area contributed by atoms with E-state index in [2.05, 4.69) is 11.9 Å². The Bertz CT molecular complexity index is 133. The first-order valence-electron chi connectivity index (χ1n) is 2.65. The van der Waals surface area contributed by atoms with Crippen LogP contribution in [0.1, 0.15) is 0 Å². The Labute approximate surface area is 49.4 Å². The molecule has 1 heterocycles. The maximum atomic E-state index is 3.64. The van der Waals surface area contributed by atoms with Gasteiger partial charge >= 0.3 is 0 Å². The average Bonchev–Trinajstić information content (AvgIpc) is 1.90. The highest BCUT2D eigenvalue weighted by Gasteiger charge is 1.93. The Hall–Kier alpha value is -0.980. The third-order valence-corrected chi connectivity index (χ3v) is 1.07. The fourth-order valence-electron chi connectivity index (χ4n) is 0.608. The number of hydrogen-bond donors (Lipinski definition) is 1. The molecule has 0 spiro atoms. The minimum Gasteiger partial charge on any atom is -0.381 e. The van der Waals surface area contributed by atoms with Crippen molar-refractivity contribution < 1.29 is 0 Å². The third-order valence-electron chi connectivity index (χ3n) is 1.07. The molecule has 0 bridgehead atoms. The molecule has 42 valence electrons. The molecule has 0 aromatic rings. The van der Waals surface area contributed by atoms with Gasteiger partial charge in [-0.3, -0.25) is 0 Å². The molecule has 1 rings (SSSR count). The fraction of sp³-hybridized carbons (Fsp3) is 0.143. The Balaban J connectivity index is 2.51. The van der Waals surface area contributed by atoms with Gasteiger partial charge in [0.15, 0.2) is 0 Å². The zero-order valence-electron chi connectivity index (χ0n) is 4.67. The lowest BCUT2D eigenvalue weighted by Crippen LogP contribution is -2.20. The zero-order valence-corrected chi connectivity index (χ0v) is 4.67. The van der Waals surface area contributed by atoms with Gasteiger partial charge in [0.2, 0.25) is 0 Å². The van der Waals surface area contributed by atoms with Crippen LogP contribution in [0.4, 0.5) is 0 Å². The van der Waals surface area contributed by atoms with E-state index in [1.54, 1.807) is 0 Å². The van der Waals surface area contributed by atoms with E-state index in [4.69, 9.17) is 0 Å². The first kappa shape index (κ1) is 5.16. The number of hydrogen-bond acceptors (Lipinski definition) is 1. The monoisotopic (exact) mass is 107 g/mol. The summed E-state index contributed by atoms with van der Waals surface area (Å²) in [6, 6.07) is 0.333. The molecule has 1 unspecified atom stereocenters. The topological polar surface area (TPSA) is 12.0 Å². The number of allylic oxidation sites excluding steroid dienone is 2. The van der Waals surface area contributed by atoms with E-state index in [1.807, 2.05) is 30.5 Å². The minimum atomic E-state index is 0.333. The van der Waals surface area contributed by atoms with Gasteiger partial charge in [-0.1, -0.05) is 18.2 Å².